The minimum Gasteiger partial charge on any atom is -0.427 e. The van der Waals surface area contributed by atoms with Crippen LogP contribution in [0.5, 0.6) is 0 Å². The van der Waals surface area contributed by atoms with E-state index >= 15 is 0 Å². The summed E-state index contributed by atoms with van der Waals surface area (Å²) in [6, 6.07) is 0.211. The van der Waals surface area contributed by atoms with Crippen LogP contribution in [-0.2, 0) is 17.8 Å². The van der Waals surface area contributed by atoms with Crippen molar-refractivity contribution >= 4 is 11.9 Å². The lowest BCUT2D eigenvalue weighted by atomic mass is 9.82. The van der Waals surface area contributed by atoms with Gasteiger partial charge >= 0.3 is 0 Å². The van der Waals surface area contributed by atoms with Crippen LogP contribution in [0.2, 0.25) is 0 Å². The molecule has 0 unspecified atom stereocenters. The fourth-order valence-corrected chi connectivity index (χ4v) is 2.50. The van der Waals surface area contributed by atoms with Crippen LogP contribution in [0.4, 0.5) is 6.01 Å². The van der Waals surface area contributed by atoms with Crippen molar-refractivity contribution in [2.24, 2.45) is 5.92 Å². The zero-order valence-corrected chi connectivity index (χ0v) is 9.82. The zero-order valence-electron chi connectivity index (χ0n) is 9.82. The monoisotopic (exact) mass is 235 g/mol. The number of amides is 1. The Bertz CT molecular complexity index is 437. The van der Waals surface area contributed by atoms with Crippen molar-refractivity contribution < 1.29 is 9.21 Å². The van der Waals surface area contributed by atoms with Gasteiger partial charge in [0.25, 0.3) is 6.01 Å². The lowest BCUT2D eigenvalue weighted by Crippen LogP contribution is -2.37. The molecule has 1 aromatic rings. The number of nitrogens with two attached hydrogens (primary N) is 1. The Kier molecular flexibility index (Phi) is 2.53. The molecule has 0 spiro atoms. The molecule has 2 aliphatic rings. The molecule has 0 aromatic carbocycles. The summed E-state index contributed by atoms with van der Waals surface area (Å²) in [5.74, 6) is 1.62. The number of anilines is 1. The average molecular weight is 235 g/mol. The van der Waals surface area contributed by atoms with E-state index in [1.807, 2.05) is 4.90 Å². The van der Waals surface area contributed by atoms with Gasteiger partial charge in [-0.1, -0.05) is 6.42 Å². The van der Waals surface area contributed by atoms with Crippen molar-refractivity contribution in [1.29, 1.82) is 0 Å². The SMILES string of the molecule is Nc1nc2c(o1)CN(C(=O)CC1CCC1)CC2. The molecule has 2 heterocycles. The van der Waals surface area contributed by atoms with Crippen LogP contribution in [0, 0.1) is 5.92 Å². The van der Waals surface area contributed by atoms with Crippen LogP contribution in [0.25, 0.3) is 0 Å². The predicted molar refractivity (Wildman–Crippen MR) is 62.0 cm³/mol. The molecule has 0 bridgehead atoms. The average Bonchev–Trinajstić information content (AvgIpc) is 2.62. The minimum atomic E-state index is 0.211. The molecule has 5 heteroatoms. The second-order valence-corrected chi connectivity index (χ2v) is 4.99. The quantitative estimate of drug-likeness (QED) is 0.839. The third kappa shape index (κ3) is 2.01. The summed E-state index contributed by atoms with van der Waals surface area (Å²) < 4.78 is 5.30. The molecule has 1 fully saturated rings. The van der Waals surface area contributed by atoms with Crippen LogP contribution in [0.1, 0.15) is 37.1 Å². The third-order valence-corrected chi connectivity index (χ3v) is 3.79. The molecular weight excluding hydrogens is 218 g/mol. The lowest BCUT2D eigenvalue weighted by Gasteiger charge is -2.30. The molecule has 1 aliphatic heterocycles. The molecule has 92 valence electrons. The Morgan fingerprint density at radius 3 is 3.06 bits per heavy atom. The molecule has 1 saturated carbocycles. The van der Waals surface area contributed by atoms with Crippen molar-refractivity contribution in [1.82, 2.24) is 9.88 Å². The number of carbonyl (C=O) groups is 1. The van der Waals surface area contributed by atoms with Crippen molar-refractivity contribution in [3.05, 3.63) is 11.5 Å². The highest BCUT2D eigenvalue weighted by Gasteiger charge is 2.28. The van der Waals surface area contributed by atoms with E-state index < -0.39 is 0 Å². The predicted octanol–water partition coefficient (Wildman–Crippen LogP) is 1.33. The summed E-state index contributed by atoms with van der Waals surface area (Å²) in [4.78, 5) is 18.0. The largest absolute Gasteiger partial charge is 0.427 e. The van der Waals surface area contributed by atoms with Crippen molar-refractivity contribution in [3.63, 3.8) is 0 Å². The van der Waals surface area contributed by atoms with Crippen molar-refractivity contribution in [3.8, 4) is 0 Å². The highest BCUT2D eigenvalue weighted by molar-refractivity contribution is 5.76. The van der Waals surface area contributed by atoms with Crippen LogP contribution in [0.15, 0.2) is 4.42 Å². The van der Waals surface area contributed by atoms with Gasteiger partial charge in [-0.3, -0.25) is 4.79 Å². The molecule has 3 rings (SSSR count). The molecule has 0 saturated heterocycles. The fourth-order valence-electron chi connectivity index (χ4n) is 2.50. The van der Waals surface area contributed by atoms with Gasteiger partial charge in [-0.05, 0) is 18.8 Å². The maximum atomic E-state index is 12.1. The number of carbonyl (C=O) groups excluding carboxylic acids is 1. The van der Waals surface area contributed by atoms with Crippen molar-refractivity contribution in [2.45, 2.75) is 38.6 Å². The number of nitrogens with zero attached hydrogens (tertiary/aromatic N) is 2. The number of fused-ring (bicyclic) bond motifs is 1. The molecule has 5 nitrogen and oxygen atoms in total. The first-order valence-corrected chi connectivity index (χ1v) is 6.24. The Balaban J connectivity index is 1.64. The van der Waals surface area contributed by atoms with Crippen LogP contribution >= 0.6 is 0 Å². The molecule has 1 amide bonds. The number of hydrogen-bond donors (Lipinski definition) is 1. The molecule has 1 aliphatic carbocycles. The van der Waals surface area contributed by atoms with E-state index in [0.717, 1.165) is 24.4 Å². The van der Waals surface area contributed by atoms with Gasteiger partial charge in [0.2, 0.25) is 5.91 Å². The van der Waals surface area contributed by atoms with E-state index in [4.69, 9.17) is 10.2 Å². The fraction of sp³-hybridized carbons (Fsp3) is 0.667. The first-order valence-electron chi connectivity index (χ1n) is 6.24. The summed E-state index contributed by atoms with van der Waals surface area (Å²) in [6.07, 6.45) is 5.15. The highest BCUT2D eigenvalue weighted by atomic mass is 16.4. The Morgan fingerprint density at radius 2 is 2.35 bits per heavy atom. The third-order valence-electron chi connectivity index (χ3n) is 3.79. The Hall–Kier alpha value is -1.52. The Labute approximate surface area is 100.0 Å². The smallest absolute Gasteiger partial charge is 0.292 e. The summed E-state index contributed by atoms with van der Waals surface area (Å²) in [7, 11) is 0. The van der Waals surface area contributed by atoms with Crippen molar-refractivity contribution in [2.75, 3.05) is 12.3 Å². The Morgan fingerprint density at radius 1 is 1.53 bits per heavy atom. The van der Waals surface area contributed by atoms with Crippen LogP contribution in [0.3, 0.4) is 0 Å². The van der Waals surface area contributed by atoms with Gasteiger partial charge in [0, 0.05) is 19.4 Å². The second kappa shape index (κ2) is 4.05. The zero-order chi connectivity index (χ0) is 11.8. The summed E-state index contributed by atoms with van der Waals surface area (Å²) in [6.45, 7) is 1.27. The maximum Gasteiger partial charge on any atom is 0.292 e. The second-order valence-electron chi connectivity index (χ2n) is 4.99. The molecule has 2 N–H and O–H groups in total. The van der Waals surface area contributed by atoms with E-state index in [9.17, 15) is 4.79 Å². The lowest BCUT2D eigenvalue weighted by molar-refractivity contribution is -0.134. The van der Waals surface area contributed by atoms with Crippen LogP contribution < -0.4 is 5.73 Å². The number of nitrogen functional groups attached to an aromatic ring is 1. The summed E-state index contributed by atoms with van der Waals surface area (Å²) >= 11 is 0. The van der Waals surface area contributed by atoms with Gasteiger partial charge in [-0.25, -0.2) is 0 Å². The normalized spacial score (nSPS) is 19.9. The van der Waals surface area contributed by atoms with E-state index in [1.54, 1.807) is 0 Å². The number of rotatable bonds is 2. The van der Waals surface area contributed by atoms with Gasteiger partial charge in [0.15, 0.2) is 0 Å². The number of oxazole rings is 1. The van der Waals surface area contributed by atoms with Gasteiger partial charge in [-0.15, -0.1) is 0 Å². The summed E-state index contributed by atoms with van der Waals surface area (Å²) in [5.41, 5.74) is 6.42. The number of aromatic nitrogens is 1. The van der Waals surface area contributed by atoms with Gasteiger partial charge in [0.1, 0.15) is 5.76 Å². The maximum absolute atomic E-state index is 12.1. The molecular formula is C12H17N3O2. The van der Waals surface area contributed by atoms with E-state index in [-0.39, 0.29) is 11.9 Å². The minimum absolute atomic E-state index is 0.211. The van der Waals surface area contributed by atoms with Gasteiger partial charge in [-0.2, -0.15) is 4.98 Å². The van der Waals surface area contributed by atoms with E-state index in [2.05, 4.69) is 4.98 Å². The molecule has 0 atom stereocenters. The first kappa shape index (κ1) is 10.6. The number of hydrogen-bond acceptors (Lipinski definition) is 4. The van der Waals surface area contributed by atoms with Crippen LogP contribution in [-0.4, -0.2) is 22.3 Å². The highest BCUT2D eigenvalue weighted by Crippen LogP contribution is 2.30. The summed E-state index contributed by atoms with van der Waals surface area (Å²) in [5, 5.41) is 0. The molecule has 1 aromatic heterocycles. The topological polar surface area (TPSA) is 72.4 Å². The molecule has 17 heavy (non-hydrogen) atoms. The van der Waals surface area contributed by atoms with Gasteiger partial charge in [0.05, 0.1) is 12.2 Å². The first-order chi connectivity index (χ1) is 8.22. The van der Waals surface area contributed by atoms with Gasteiger partial charge < -0.3 is 15.1 Å². The van der Waals surface area contributed by atoms with E-state index in [0.29, 0.717) is 18.9 Å². The molecule has 0 radical (unpaired) electrons. The van der Waals surface area contributed by atoms with E-state index in [1.165, 1.54) is 19.3 Å². The standard InChI is InChI=1S/C12H17N3O2/c13-12-14-9-4-5-15(7-10(9)17-12)11(16)6-8-2-1-3-8/h8H,1-7H2,(H2,13,14).